The lowest BCUT2D eigenvalue weighted by Crippen LogP contribution is -2.26. The fourth-order valence-corrected chi connectivity index (χ4v) is 3.57. The number of hydrogen-bond acceptors (Lipinski definition) is 2. The van der Waals surface area contributed by atoms with Gasteiger partial charge in [0.25, 0.3) is 0 Å². The largest absolute Gasteiger partial charge is 0.389 e. The lowest BCUT2D eigenvalue weighted by Gasteiger charge is -2.24. The van der Waals surface area contributed by atoms with Crippen molar-refractivity contribution in [3.05, 3.63) is 58.2 Å². The number of hydrogen-bond donors (Lipinski definition) is 1. The summed E-state index contributed by atoms with van der Waals surface area (Å²) >= 11 is 0. The molecule has 0 aliphatic heterocycles. The van der Waals surface area contributed by atoms with Crippen LogP contribution in [0.1, 0.15) is 92.9 Å². The fraction of sp³-hybridized carbons (Fsp3) is 0.593. The molecule has 29 heavy (non-hydrogen) atoms. The van der Waals surface area contributed by atoms with Crippen molar-refractivity contribution in [3.63, 3.8) is 0 Å². The average Bonchev–Trinajstić information content (AvgIpc) is 2.63. The number of allylic oxidation sites excluding steroid dienone is 9. The molecule has 0 amide bonds. The Morgan fingerprint density at radius 2 is 1.38 bits per heavy atom. The second kappa shape index (κ2) is 13.5. The Morgan fingerprint density at radius 3 is 1.90 bits per heavy atom. The van der Waals surface area contributed by atoms with Gasteiger partial charge in [0, 0.05) is 6.42 Å². The first-order chi connectivity index (χ1) is 13.7. The molecular weight excluding hydrogens is 356 g/mol. The molecule has 2 heteroatoms. The Hall–Kier alpha value is -1.67. The molecule has 0 aromatic heterocycles. The van der Waals surface area contributed by atoms with E-state index < -0.39 is 6.10 Å². The van der Waals surface area contributed by atoms with Crippen molar-refractivity contribution in [1.82, 2.24) is 0 Å². The Morgan fingerprint density at radius 1 is 0.897 bits per heavy atom. The Labute approximate surface area is 179 Å². The molecule has 0 spiro atoms. The van der Waals surface area contributed by atoms with Crippen LogP contribution in [0, 0.1) is 5.92 Å². The van der Waals surface area contributed by atoms with E-state index in [0.717, 1.165) is 44.9 Å². The highest BCUT2D eigenvalue weighted by Gasteiger charge is 2.25. The van der Waals surface area contributed by atoms with Crippen molar-refractivity contribution < 1.29 is 9.90 Å². The van der Waals surface area contributed by atoms with Gasteiger partial charge in [-0.25, -0.2) is 0 Å². The number of aliphatic hydroxyl groups excluding tert-OH is 1. The third-order valence-electron chi connectivity index (χ3n) is 5.71. The number of aliphatic hydroxyl groups is 1. The van der Waals surface area contributed by atoms with Crippen LogP contribution in [-0.2, 0) is 4.79 Å². The van der Waals surface area contributed by atoms with E-state index in [4.69, 9.17) is 0 Å². The van der Waals surface area contributed by atoms with Crippen LogP contribution in [0.2, 0.25) is 0 Å². The molecule has 0 aromatic rings. The van der Waals surface area contributed by atoms with Gasteiger partial charge in [-0.15, -0.1) is 0 Å². The highest BCUT2D eigenvalue weighted by molar-refractivity contribution is 5.95. The van der Waals surface area contributed by atoms with Gasteiger partial charge < -0.3 is 5.11 Å². The van der Waals surface area contributed by atoms with Crippen LogP contribution in [0.4, 0.5) is 0 Å². The SMILES string of the molecule is CC(C)=CCC/C(C)=C\CC/C(C)=C\CC/C(C)=C/C[C@@H]1CC(=O)C(C)=C[C@@H]1O. The van der Waals surface area contributed by atoms with Crippen LogP contribution in [-0.4, -0.2) is 17.0 Å². The number of carbonyl (C=O) groups is 1. The van der Waals surface area contributed by atoms with Gasteiger partial charge in [-0.1, -0.05) is 46.6 Å². The summed E-state index contributed by atoms with van der Waals surface area (Å²) in [4.78, 5) is 11.8. The zero-order valence-corrected chi connectivity index (χ0v) is 19.6. The van der Waals surface area contributed by atoms with Crippen LogP contribution >= 0.6 is 0 Å². The monoisotopic (exact) mass is 398 g/mol. The van der Waals surface area contributed by atoms with E-state index in [0.29, 0.717) is 12.0 Å². The Bertz CT molecular complexity index is 681. The minimum Gasteiger partial charge on any atom is -0.389 e. The van der Waals surface area contributed by atoms with Gasteiger partial charge in [-0.2, -0.15) is 0 Å². The van der Waals surface area contributed by atoms with Crippen LogP contribution in [0.5, 0.6) is 0 Å². The third kappa shape index (κ3) is 11.2. The first kappa shape index (κ1) is 25.4. The average molecular weight is 399 g/mol. The van der Waals surface area contributed by atoms with E-state index in [1.807, 2.05) is 0 Å². The van der Waals surface area contributed by atoms with Crippen LogP contribution < -0.4 is 0 Å². The molecule has 2 nitrogen and oxygen atoms in total. The van der Waals surface area contributed by atoms with Crippen LogP contribution in [0.25, 0.3) is 0 Å². The van der Waals surface area contributed by atoms with E-state index in [1.54, 1.807) is 13.0 Å². The van der Waals surface area contributed by atoms with E-state index in [1.165, 1.54) is 22.3 Å². The third-order valence-corrected chi connectivity index (χ3v) is 5.71. The Balaban J connectivity index is 2.32. The fourth-order valence-electron chi connectivity index (χ4n) is 3.57. The predicted octanol–water partition coefficient (Wildman–Crippen LogP) is 7.42. The summed E-state index contributed by atoms with van der Waals surface area (Å²) in [6, 6.07) is 0. The van der Waals surface area contributed by atoms with Gasteiger partial charge in [0.2, 0.25) is 0 Å². The lowest BCUT2D eigenvalue weighted by molar-refractivity contribution is -0.117. The molecule has 1 aliphatic rings. The van der Waals surface area contributed by atoms with Gasteiger partial charge in [-0.3, -0.25) is 4.79 Å². The zero-order chi connectivity index (χ0) is 21.8. The summed E-state index contributed by atoms with van der Waals surface area (Å²) in [5, 5.41) is 10.1. The topological polar surface area (TPSA) is 37.3 Å². The summed E-state index contributed by atoms with van der Waals surface area (Å²) in [6.07, 6.45) is 18.4. The molecule has 0 saturated heterocycles. The minimum atomic E-state index is -0.489. The van der Waals surface area contributed by atoms with Crippen molar-refractivity contribution >= 4 is 5.78 Å². The molecule has 0 unspecified atom stereocenters. The van der Waals surface area contributed by atoms with E-state index in [-0.39, 0.29) is 11.7 Å². The first-order valence-corrected chi connectivity index (χ1v) is 11.2. The van der Waals surface area contributed by atoms with Gasteiger partial charge in [0.1, 0.15) is 0 Å². The standard InChI is InChI=1S/C27H42O2/c1-20(2)10-7-11-21(3)12-8-13-22(4)14-9-15-23(5)16-17-25-19-26(28)24(6)18-27(25)29/h10,12,14,16,18,25,27,29H,7-9,11,13,15,17,19H2,1-6H3/b21-12-,22-14-,23-16+/t25-,27+/m1/s1. The summed E-state index contributed by atoms with van der Waals surface area (Å²) < 4.78 is 0. The minimum absolute atomic E-state index is 0.0326. The van der Waals surface area contributed by atoms with Crippen molar-refractivity contribution in [1.29, 1.82) is 0 Å². The maximum Gasteiger partial charge on any atom is 0.158 e. The maximum atomic E-state index is 11.8. The molecule has 162 valence electrons. The summed E-state index contributed by atoms with van der Waals surface area (Å²) in [5.41, 5.74) is 6.39. The molecule has 0 radical (unpaired) electrons. The van der Waals surface area contributed by atoms with Crippen molar-refractivity contribution in [2.45, 2.75) is 99.0 Å². The molecule has 0 bridgehead atoms. The molecule has 0 heterocycles. The van der Waals surface area contributed by atoms with Gasteiger partial charge in [0.05, 0.1) is 6.10 Å². The van der Waals surface area contributed by atoms with E-state index in [2.05, 4.69) is 58.9 Å². The molecule has 0 aromatic carbocycles. The second-order valence-electron chi connectivity index (χ2n) is 9.01. The van der Waals surface area contributed by atoms with Crippen molar-refractivity contribution in [2.75, 3.05) is 0 Å². The van der Waals surface area contributed by atoms with Gasteiger partial charge >= 0.3 is 0 Å². The summed E-state index contributed by atoms with van der Waals surface area (Å²) in [6.45, 7) is 12.7. The molecule has 1 rings (SSSR count). The summed E-state index contributed by atoms with van der Waals surface area (Å²) in [5.74, 6) is 0.205. The number of carbonyl (C=O) groups excluding carboxylic acids is 1. The second-order valence-corrected chi connectivity index (χ2v) is 9.01. The normalized spacial score (nSPS) is 21.3. The number of ketones is 1. The van der Waals surface area contributed by atoms with Crippen molar-refractivity contribution in [3.8, 4) is 0 Å². The number of rotatable bonds is 11. The van der Waals surface area contributed by atoms with Crippen LogP contribution in [0.3, 0.4) is 0 Å². The zero-order valence-electron chi connectivity index (χ0n) is 19.6. The Kier molecular flexibility index (Phi) is 11.8. The molecular formula is C27H42O2. The molecule has 1 aliphatic carbocycles. The quantitative estimate of drug-likeness (QED) is 0.368. The lowest BCUT2D eigenvalue weighted by atomic mass is 9.84. The molecule has 2 atom stereocenters. The van der Waals surface area contributed by atoms with E-state index >= 15 is 0 Å². The number of Topliss-reactive ketones (excluding diaryl/α,β-unsaturated/α-hetero) is 1. The highest BCUT2D eigenvalue weighted by Crippen LogP contribution is 2.25. The summed E-state index contributed by atoms with van der Waals surface area (Å²) in [7, 11) is 0. The van der Waals surface area contributed by atoms with Gasteiger partial charge in [0.15, 0.2) is 5.78 Å². The first-order valence-electron chi connectivity index (χ1n) is 11.2. The van der Waals surface area contributed by atoms with Crippen LogP contribution in [0.15, 0.2) is 58.2 Å². The molecule has 1 N–H and O–H groups in total. The molecule has 0 saturated carbocycles. The smallest absolute Gasteiger partial charge is 0.158 e. The molecule has 0 fully saturated rings. The predicted molar refractivity (Wildman–Crippen MR) is 126 cm³/mol. The van der Waals surface area contributed by atoms with E-state index in [9.17, 15) is 9.90 Å². The van der Waals surface area contributed by atoms with Gasteiger partial charge in [-0.05, 0) is 104 Å². The maximum absolute atomic E-state index is 11.8. The van der Waals surface area contributed by atoms with Crippen molar-refractivity contribution in [2.24, 2.45) is 5.92 Å². The highest BCUT2D eigenvalue weighted by atomic mass is 16.3.